The molecule has 2 heterocycles. The van der Waals surface area contributed by atoms with Gasteiger partial charge in [0.25, 0.3) is 0 Å². The van der Waals surface area contributed by atoms with Crippen molar-refractivity contribution in [2.45, 2.75) is 18.9 Å². The standard InChI is InChI=1S/C15H18N2O4/c1-18-14-7-10(12-8-17-21-15(12)16)4-5-13(14)20-11-3-2-6-19-9-11/h4-5,7-8,11H,2-3,6,9,16H2,1H3. The molecular weight excluding hydrogens is 272 g/mol. The van der Waals surface area contributed by atoms with E-state index in [0.717, 1.165) is 30.6 Å². The van der Waals surface area contributed by atoms with Crippen LogP contribution in [0.15, 0.2) is 28.9 Å². The van der Waals surface area contributed by atoms with Crippen molar-refractivity contribution in [2.75, 3.05) is 26.1 Å². The van der Waals surface area contributed by atoms with Crippen molar-refractivity contribution in [2.24, 2.45) is 0 Å². The maximum atomic E-state index is 5.96. The average molecular weight is 290 g/mol. The van der Waals surface area contributed by atoms with Crippen molar-refractivity contribution >= 4 is 5.88 Å². The third-order valence-corrected chi connectivity index (χ3v) is 3.49. The Morgan fingerprint density at radius 1 is 1.33 bits per heavy atom. The predicted octanol–water partition coefficient (Wildman–Crippen LogP) is 2.49. The Morgan fingerprint density at radius 3 is 2.90 bits per heavy atom. The SMILES string of the molecule is COc1cc(-c2cnoc2N)ccc1OC1CCCOC1. The summed E-state index contributed by atoms with van der Waals surface area (Å²) < 4.78 is 21.7. The smallest absolute Gasteiger partial charge is 0.229 e. The number of nitrogen functional groups attached to an aromatic ring is 1. The highest BCUT2D eigenvalue weighted by molar-refractivity contribution is 5.74. The summed E-state index contributed by atoms with van der Waals surface area (Å²) in [6, 6.07) is 5.64. The van der Waals surface area contributed by atoms with Crippen molar-refractivity contribution < 1.29 is 18.7 Å². The van der Waals surface area contributed by atoms with Gasteiger partial charge in [0, 0.05) is 6.61 Å². The molecule has 6 nitrogen and oxygen atoms in total. The molecule has 0 amide bonds. The highest BCUT2D eigenvalue weighted by Crippen LogP contribution is 2.35. The molecule has 0 bridgehead atoms. The van der Waals surface area contributed by atoms with Crippen LogP contribution in [-0.2, 0) is 4.74 Å². The van der Waals surface area contributed by atoms with Gasteiger partial charge in [-0.2, -0.15) is 0 Å². The number of nitrogens with zero attached hydrogens (tertiary/aromatic N) is 1. The molecular formula is C15H18N2O4. The van der Waals surface area contributed by atoms with Crippen molar-refractivity contribution in [3.63, 3.8) is 0 Å². The number of methoxy groups -OCH3 is 1. The fraction of sp³-hybridized carbons (Fsp3) is 0.400. The minimum Gasteiger partial charge on any atom is -0.493 e. The van der Waals surface area contributed by atoms with Crippen LogP contribution >= 0.6 is 0 Å². The number of nitrogens with two attached hydrogens (primary N) is 1. The Morgan fingerprint density at radius 2 is 2.24 bits per heavy atom. The second-order valence-electron chi connectivity index (χ2n) is 4.93. The van der Waals surface area contributed by atoms with Gasteiger partial charge in [0.15, 0.2) is 11.5 Å². The Labute approximate surface area is 122 Å². The summed E-state index contributed by atoms with van der Waals surface area (Å²) in [4.78, 5) is 0. The molecule has 1 aliphatic rings. The summed E-state index contributed by atoms with van der Waals surface area (Å²) >= 11 is 0. The monoisotopic (exact) mass is 290 g/mol. The van der Waals surface area contributed by atoms with Crippen LogP contribution in [-0.4, -0.2) is 31.6 Å². The van der Waals surface area contributed by atoms with Crippen molar-refractivity contribution in [3.05, 3.63) is 24.4 Å². The van der Waals surface area contributed by atoms with E-state index in [0.29, 0.717) is 18.1 Å². The highest BCUT2D eigenvalue weighted by Gasteiger charge is 2.18. The highest BCUT2D eigenvalue weighted by atomic mass is 16.5. The zero-order chi connectivity index (χ0) is 14.7. The Kier molecular flexibility index (Phi) is 3.96. The van der Waals surface area contributed by atoms with Crippen molar-refractivity contribution in [1.29, 1.82) is 0 Å². The molecule has 1 aromatic heterocycles. The molecule has 21 heavy (non-hydrogen) atoms. The van der Waals surface area contributed by atoms with Gasteiger partial charge >= 0.3 is 0 Å². The molecule has 0 saturated carbocycles. The lowest BCUT2D eigenvalue weighted by Crippen LogP contribution is -2.28. The number of benzene rings is 1. The molecule has 1 fully saturated rings. The minimum atomic E-state index is 0.0687. The molecule has 2 N–H and O–H groups in total. The summed E-state index contributed by atoms with van der Waals surface area (Å²) in [7, 11) is 1.61. The maximum absolute atomic E-state index is 5.96. The van der Waals surface area contributed by atoms with Crippen LogP contribution in [0.3, 0.4) is 0 Å². The van der Waals surface area contributed by atoms with Gasteiger partial charge in [-0.05, 0) is 30.5 Å². The normalized spacial score (nSPS) is 18.4. The minimum absolute atomic E-state index is 0.0687. The first-order valence-electron chi connectivity index (χ1n) is 6.91. The summed E-state index contributed by atoms with van der Waals surface area (Å²) in [6.45, 7) is 1.42. The molecule has 1 unspecified atom stereocenters. The first-order valence-corrected chi connectivity index (χ1v) is 6.91. The average Bonchev–Trinajstić information content (AvgIpc) is 2.95. The Bertz CT molecular complexity index is 605. The van der Waals surface area contributed by atoms with Gasteiger partial charge in [-0.1, -0.05) is 11.2 Å². The van der Waals surface area contributed by atoms with Gasteiger partial charge < -0.3 is 24.5 Å². The van der Waals surface area contributed by atoms with Gasteiger partial charge in [-0.15, -0.1) is 0 Å². The fourth-order valence-electron chi connectivity index (χ4n) is 2.38. The van der Waals surface area contributed by atoms with Gasteiger partial charge in [0.1, 0.15) is 6.10 Å². The lowest BCUT2D eigenvalue weighted by molar-refractivity contribution is 0.00645. The third-order valence-electron chi connectivity index (χ3n) is 3.49. The molecule has 0 radical (unpaired) electrons. The van der Waals surface area contributed by atoms with E-state index in [1.165, 1.54) is 0 Å². The first kappa shape index (κ1) is 13.8. The number of anilines is 1. The predicted molar refractivity (Wildman–Crippen MR) is 77.4 cm³/mol. The molecule has 0 aliphatic carbocycles. The zero-order valence-corrected chi connectivity index (χ0v) is 11.9. The number of hydrogen-bond donors (Lipinski definition) is 1. The van der Waals surface area contributed by atoms with E-state index < -0.39 is 0 Å². The van der Waals surface area contributed by atoms with Crippen LogP contribution in [0.5, 0.6) is 11.5 Å². The van der Waals surface area contributed by atoms with Crippen LogP contribution in [0.4, 0.5) is 5.88 Å². The number of hydrogen-bond acceptors (Lipinski definition) is 6. The van der Waals surface area contributed by atoms with E-state index in [-0.39, 0.29) is 12.0 Å². The summed E-state index contributed by atoms with van der Waals surface area (Å²) in [5.41, 5.74) is 7.34. The lowest BCUT2D eigenvalue weighted by Gasteiger charge is -2.24. The van der Waals surface area contributed by atoms with Crippen LogP contribution in [0, 0.1) is 0 Å². The van der Waals surface area contributed by atoms with E-state index in [1.54, 1.807) is 13.3 Å². The molecule has 1 aliphatic heterocycles. The van der Waals surface area contributed by atoms with Crippen molar-refractivity contribution in [3.8, 4) is 22.6 Å². The molecule has 1 atom stereocenters. The van der Waals surface area contributed by atoms with Gasteiger partial charge in [0.05, 0.1) is 25.5 Å². The molecule has 3 rings (SSSR count). The summed E-state index contributed by atoms with van der Waals surface area (Å²) in [5, 5.41) is 3.68. The van der Waals surface area contributed by atoms with E-state index >= 15 is 0 Å². The Hall–Kier alpha value is -2.21. The van der Waals surface area contributed by atoms with E-state index in [4.69, 9.17) is 24.5 Å². The maximum Gasteiger partial charge on any atom is 0.229 e. The van der Waals surface area contributed by atoms with Gasteiger partial charge in [-0.25, -0.2) is 0 Å². The number of ether oxygens (including phenoxy) is 3. The van der Waals surface area contributed by atoms with E-state index in [9.17, 15) is 0 Å². The second kappa shape index (κ2) is 6.05. The van der Waals surface area contributed by atoms with Crippen LogP contribution < -0.4 is 15.2 Å². The molecule has 1 aromatic carbocycles. The zero-order valence-electron chi connectivity index (χ0n) is 11.9. The summed E-state index contributed by atoms with van der Waals surface area (Å²) in [5.74, 6) is 1.64. The third kappa shape index (κ3) is 2.95. The van der Waals surface area contributed by atoms with Crippen LogP contribution in [0.2, 0.25) is 0 Å². The largest absolute Gasteiger partial charge is 0.493 e. The fourth-order valence-corrected chi connectivity index (χ4v) is 2.38. The molecule has 0 spiro atoms. The summed E-state index contributed by atoms with van der Waals surface area (Å²) in [6.07, 6.45) is 3.66. The van der Waals surface area contributed by atoms with Crippen LogP contribution in [0.25, 0.3) is 11.1 Å². The van der Waals surface area contributed by atoms with Crippen LogP contribution in [0.1, 0.15) is 12.8 Å². The second-order valence-corrected chi connectivity index (χ2v) is 4.93. The quantitative estimate of drug-likeness (QED) is 0.932. The molecule has 1 saturated heterocycles. The number of rotatable bonds is 4. The van der Waals surface area contributed by atoms with Gasteiger partial charge in [0.2, 0.25) is 5.88 Å². The van der Waals surface area contributed by atoms with E-state index in [1.807, 2.05) is 18.2 Å². The topological polar surface area (TPSA) is 79.7 Å². The molecule has 6 heteroatoms. The number of aromatic nitrogens is 1. The van der Waals surface area contributed by atoms with Gasteiger partial charge in [-0.3, -0.25) is 0 Å². The van der Waals surface area contributed by atoms with Crippen molar-refractivity contribution in [1.82, 2.24) is 5.16 Å². The Balaban J connectivity index is 1.83. The first-order chi connectivity index (χ1) is 10.3. The molecule has 112 valence electrons. The lowest BCUT2D eigenvalue weighted by atomic mass is 10.1. The van der Waals surface area contributed by atoms with E-state index in [2.05, 4.69) is 5.16 Å². The molecule has 2 aromatic rings.